The molecule has 114 valence electrons. The molecule has 0 spiro atoms. The SMILES string of the molecule is O=C(O)C1Cc2cc3c(cc2NC1=O)NC(=O)C(C(=O)O)C3. The maximum Gasteiger partial charge on any atom is 0.316 e. The Balaban J connectivity index is 1.99. The van der Waals surface area contributed by atoms with Crippen molar-refractivity contribution in [3.63, 3.8) is 0 Å². The van der Waals surface area contributed by atoms with Crippen LogP contribution in [0.2, 0.25) is 0 Å². The van der Waals surface area contributed by atoms with E-state index in [0.717, 1.165) is 0 Å². The molecule has 0 saturated carbocycles. The van der Waals surface area contributed by atoms with Crippen LogP contribution in [-0.4, -0.2) is 34.0 Å². The Morgan fingerprint density at radius 2 is 1.27 bits per heavy atom. The van der Waals surface area contributed by atoms with E-state index in [2.05, 4.69) is 10.6 Å². The molecule has 2 atom stereocenters. The minimum Gasteiger partial charge on any atom is -0.481 e. The molecule has 2 heterocycles. The molecule has 4 N–H and O–H groups in total. The number of rotatable bonds is 2. The standard InChI is InChI=1S/C14H12N2O6/c17-11-7(13(19)20)2-5-1-6-3-8(14(21)22)12(18)16-10(6)4-9(5)15-11/h1,4,7-8H,2-3H2,(H,15,17)(H,16,18)(H,19,20)(H,21,22). The summed E-state index contributed by atoms with van der Waals surface area (Å²) in [5.74, 6) is -5.97. The second kappa shape index (κ2) is 4.83. The van der Waals surface area contributed by atoms with Crippen LogP contribution in [0, 0.1) is 11.8 Å². The van der Waals surface area contributed by atoms with Crippen molar-refractivity contribution in [1.82, 2.24) is 0 Å². The van der Waals surface area contributed by atoms with Gasteiger partial charge in [0, 0.05) is 11.4 Å². The van der Waals surface area contributed by atoms with Gasteiger partial charge in [-0.25, -0.2) is 0 Å². The van der Waals surface area contributed by atoms with E-state index in [1.807, 2.05) is 0 Å². The molecule has 0 aromatic heterocycles. The number of carboxylic acids is 2. The lowest BCUT2D eigenvalue weighted by Gasteiger charge is -2.27. The van der Waals surface area contributed by atoms with Crippen molar-refractivity contribution in [3.8, 4) is 0 Å². The summed E-state index contributed by atoms with van der Waals surface area (Å²) in [5.41, 5.74) is 2.11. The second-order valence-electron chi connectivity index (χ2n) is 5.33. The number of aliphatic carboxylic acids is 2. The van der Waals surface area contributed by atoms with Gasteiger partial charge in [-0.1, -0.05) is 6.07 Å². The number of hydrogen-bond acceptors (Lipinski definition) is 4. The number of anilines is 2. The van der Waals surface area contributed by atoms with Crippen LogP contribution < -0.4 is 10.6 Å². The molecule has 0 bridgehead atoms. The summed E-state index contributed by atoms with van der Waals surface area (Å²) in [5, 5.41) is 23.1. The Labute approximate surface area is 124 Å². The van der Waals surface area contributed by atoms with Crippen LogP contribution in [0.15, 0.2) is 12.1 Å². The highest BCUT2D eigenvalue weighted by Gasteiger charge is 2.36. The maximum absolute atomic E-state index is 11.7. The van der Waals surface area contributed by atoms with Gasteiger partial charge in [0.15, 0.2) is 0 Å². The highest BCUT2D eigenvalue weighted by molar-refractivity contribution is 6.09. The van der Waals surface area contributed by atoms with Gasteiger partial charge in [-0.3, -0.25) is 19.2 Å². The van der Waals surface area contributed by atoms with E-state index in [9.17, 15) is 19.2 Å². The molecule has 0 saturated heterocycles. The van der Waals surface area contributed by atoms with Gasteiger partial charge in [0.25, 0.3) is 0 Å². The van der Waals surface area contributed by atoms with Gasteiger partial charge in [0.1, 0.15) is 11.8 Å². The van der Waals surface area contributed by atoms with Crippen LogP contribution in [0.4, 0.5) is 11.4 Å². The van der Waals surface area contributed by atoms with Crippen molar-refractivity contribution in [1.29, 1.82) is 0 Å². The molecule has 0 aliphatic carbocycles. The van der Waals surface area contributed by atoms with Gasteiger partial charge >= 0.3 is 11.9 Å². The van der Waals surface area contributed by atoms with Crippen molar-refractivity contribution in [2.24, 2.45) is 11.8 Å². The first-order valence-corrected chi connectivity index (χ1v) is 6.60. The fourth-order valence-electron chi connectivity index (χ4n) is 2.73. The van der Waals surface area contributed by atoms with E-state index in [4.69, 9.17) is 10.2 Å². The van der Waals surface area contributed by atoms with Crippen LogP contribution in [0.25, 0.3) is 0 Å². The minimum absolute atomic E-state index is 0.0372. The predicted molar refractivity (Wildman–Crippen MR) is 73.4 cm³/mol. The molecule has 2 unspecified atom stereocenters. The molecule has 0 radical (unpaired) electrons. The summed E-state index contributed by atoms with van der Waals surface area (Å²) >= 11 is 0. The molecule has 1 aromatic carbocycles. The van der Waals surface area contributed by atoms with Crippen LogP contribution in [0.1, 0.15) is 11.1 Å². The molecule has 2 aliphatic heterocycles. The van der Waals surface area contributed by atoms with Crippen LogP contribution >= 0.6 is 0 Å². The summed E-state index contributed by atoms with van der Waals surface area (Å²) in [6.07, 6.45) is 0.0743. The van der Waals surface area contributed by atoms with Crippen LogP contribution in [0.3, 0.4) is 0 Å². The van der Waals surface area contributed by atoms with Gasteiger partial charge in [0.05, 0.1) is 0 Å². The average Bonchev–Trinajstić information content (AvgIpc) is 2.43. The van der Waals surface area contributed by atoms with Crippen LogP contribution in [-0.2, 0) is 32.0 Å². The summed E-state index contributed by atoms with van der Waals surface area (Å²) in [6.45, 7) is 0. The fraction of sp³-hybridized carbons (Fsp3) is 0.286. The zero-order valence-electron chi connectivity index (χ0n) is 11.3. The lowest BCUT2D eigenvalue weighted by atomic mass is 9.87. The monoisotopic (exact) mass is 304 g/mol. The Morgan fingerprint density at radius 1 is 0.864 bits per heavy atom. The number of carbonyl (C=O) groups is 4. The first-order valence-electron chi connectivity index (χ1n) is 6.60. The Hall–Kier alpha value is -2.90. The molecule has 22 heavy (non-hydrogen) atoms. The van der Waals surface area contributed by atoms with E-state index in [1.54, 1.807) is 6.07 Å². The third-order valence-electron chi connectivity index (χ3n) is 3.92. The first-order chi connectivity index (χ1) is 10.4. The third kappa shape index (κ3) is 2.18. The number of carbonyl (C=O) groups excluding carboxylic acids is 2. The van der Waals surface area contributed by atoms with Gasteiger partial charge in [-0.05, 0) is 30.0 Å². The summed E-state index contributed by atoms with van der Waals surface area (Å²) in [7, 11) is 0. The number of carboxylic acid groups (broad SMARTS) is 2. The Kier molecular flexibility index (Phi) is 3.09. The topological polar surface area (TPSA) is 133 Å². The summed E-state index contributed by atoms with van der Waals surface area (Å²) in [6, 6.07) is 3.19. The van der Waals surface area contributed by atoms with Crippen molar-refractivity contribution >= 4 is 35.1 Å². The largest absolute Gasteiger partial charge is 0.481 e. The third-order valence-corrected chi connectivity index (χ3v) is 3.92. The molecule has 3 rings (SSSR count). The lowest BCUT2D eigenvalue weighted by molar-refractivity contribution is -0.147. The highest BCUT2D eigenvalue weighted by Crippen LogP contribution is 2.35. The zero-order chi connectivity index (χ0) is 16.0. The Bertz CT molecular complexity index is 669. The number of amides is 2. The smallest absolute Gasteiger partial charge is 0.316 e. The second-order valence-corrected chi connectivity index (χ2v) is 5.33. The van der Waals surface area contributed by atoms with E-state index in [-0.39, 0.29) is 12.8 Å². The molecule has 0 fully saturated rings. The molecular formula is C14H12N2O6. The summed E-state index contributed by atoms with van der Waals surface area (Å²) < 4.78 is 0. The average molecular weight is 304 g/mol. The quantitative estimate of drug-likeness (QED) is 0.572. The van der Waals surface area contributed by atoms with E-state index in [0.29, 0.717) is 22.5 Å². The van der Waals surface area contributed by atoms with E-state index < -0.39 is 35.6 Å². The minimum atomic E-state index is -1.21. The van der Waals surface area contributed by atoms with Gasteiger partial charge in [-0.15, -0.1) is 0 Å². The van der Waals surface area contributed by atoms with Crippen molar-refractivity contribution in [2.45, 2.75) is 12.8 Å². The maximum atomic E-state index is 11.7. The number of benzene rings is 1. The number of hydrogen-bond donors (Lipinski definition) is 4. The predicted octanol–water partition coefficient (Wildman–Crippen LogP) is 0.0774. The molecular weight excluding hydrogens is 292 g/mol. The number of fused-ring (bicyclic) bond motifs is 2. The van der Waals surface area contributed by atoms with Crippen LogP contribution in [0.5, 0.6) is 0 Å². The van der Waals surface area contributed by atoms with Crippen molar-refractivity contribution < 1.29 is 29.4 Å². The summed E-state index contributed by atoms with van der Waals surface area (Å²) in [4.78, 5) is 45.5. The molecule has 8 nitrogen and oxygen atoms in total. The molecule has 8 heteroatoms. The normalized spacial score (nSPS) is 22.9. The Morgan fingerprint density at radius 3 is 1.64 bits per heavy atom. The first kappa shape index (κ1) is 14.1. The molecule has 2 amide bonds. The van der Waals surface area contributed by atoms with Crippen molar-refractivity contribution in [2.75, 3.05) is 10.6 Å². The van der Waals surface area contributed by atoms with E-state index in [1.165, 1.54) is 6.07 Å². The van der Waals surface area contributed by atoms with Gasteiger partial charge in [0.2, 0.25) is 11.8 Å². The van der Waals surface area contributed by atoms with Crippen molar-refractivity contribution in [3.05, 3.63) is 23.3 Å². The zero-order valence-corrected chi connectivity index (χ0v) is 11.3. The molecule has 2 aliphatic rings. The lowest BCUT2D eigenvalue weighted by Crippen LogP contribution is -2.37. The van der Waals surface area contributed by atoms with Gasteiger partial charge < -0.3 is 20.8 Å². The number of nitrogens with one attached hydrogen (secondary N) is 2. The van der Waals surface area contributed by atoms with E-state index >= 15 is 0 Å². The molecule has 1 aromatic rings. The fourth-order valence-corrected chi connectivity index (χ4v) is 2.73. The highest BCUT2D eigenvalue weighted by atomic mass is 16.4. The van der Waals surface area contributed by atoms with Gasteiger partial charge in [-0.2, -0.15) is 0 Å².